The van der Waals surface area contributed by atoms with Crippen LogP contribution in [-0.2, 0) is 0 Å². The molecule has 0 aliphatic carbocycles. The van der Waals surface area contributed by atoms with Crippen LogP contribution in [0.15, 0.2) is 23.3 Å². The van der Waals surface area contributed by atoms with Gasteiger partial charge < -0.3 is 10.2 Å². The Balaban J connectivity index is 3.01. The lowest BCUT2D eigenvalue weighted by Crippen LogP contribution is -2.22. The first-order valence-electron chi connectivity index (χ1n) is 4.71. The van der Waals surface area contributed by atoms with Crippen LogP contribution in [0, 0.1) is 5.82 Å². The van der Waals surface area contributed by atoms with Gasteiger partial charge in [0.15, 0.2) is 0 Å². The number of halogens is 1. The summed E-state index contributed by atoms with van der Waals surface area (Å²) in [6.07, 6.45) is -2.44. The second-order valence-corrected chi connectivity index (χ2v) is 3.32. The van der Waals surface area contributed by atoms with Gasteiger partial charge in [-0.3, -0.25) is 4.79 Å². The molecule has 0 aliphatic rings. The number of aldehydes is 1. The summed E-state index contributed by atoms with van der Waals surface area (Å²) in [5.74, 6) is -0.638. The third-order valence-corrected chi connectivity index (χ3v) is 2.19. The van der Waals surface area contributed by atoms with Crippen molar-refractivity contribution in [1.82, 2.24) is 0 Å². The van der Waals surface area contributed by atoms with Crippen LogP contribution in [0.2, 0.25) is 0 Å². The molecule has 1 aromatic rings. The zero-order valence-electron chi connectivity index (χ0n) is 8.69. The van der Waals surface area contributed by atoms with Gasteiger partial charge in [-0.15, -0.1) is 0 Å². The monoisotopic (exact) mass is 239 g/mol. The van der Waals surface area contributed by atoms with E-state index < -0.39 is 18.0 Å². The van der Waals surface area contributed by atoms with E-state index in [0.717, 1.165) is 12.1 Å². The maximum Gasteiger partial charge on any atom is 0.150 e. The van der Waals surface area contributed by atoms with Gasteiger partial charge in [0.1, 0.15) is 18.2 Å². The van der Waals surface area contributed by atoms with Gasteiger partial charge in [-0.1, -0.05) is 5.11 Å². The molecule has 0 amide bonds. The largest absolute Gasteiger partial charge is 0.390 e. The smallest absolute Gasteiger partial charge is 0.150 e. The maximum atomic E-state index is 13.0. The minimum absolute atomic E-state index is 0.0411. The number of carbonyl (C=O) groups is 1. The Morgan fingerprint density at radius 1 is 1.53 bits per heavy atom. The van der Waals surface area contributed by atoms with Crippen LogP contribution >= 0.6 is 0 Å². The Labute approximate surface area is 95.9 Å². The first-order valence-corrected chi connectivity index (χ1v) is 4.71. The Hall–Kier alpha value is -1.95. The molecule has 7 heteroatoms. The fourth-order valence-corrected chi connectivity index (χ4v) is 1.34. The van der Waals surface area contributed by atoms with Gasteiger partial charge in [-0.25, -0.2) is 4.39 Å². The summed E-state index contributed by atoms with van der Waals surface area (Å²) in [5.41, 5.74) is 8.09. The molecule has 2 unspecified atom stereocenters. The number of nitrogens with zero attached hydrogens (tertiary/aromatic N) is 3. The van der Waals surface area contributed by atoms with Crippen LogP contribution in [0.1, 0.15) is 22.0 Å². The molecule has 0 radical (unpaired) electrons. The molecule has 1 rings (SSSR count). The average Bonchev–Trinajstić information content (AvgIpc) is 2.34. The van der Waals surface area contributed by atoms with E-state index in [1.165, 1.54) is 6.07 Å². The van der Waals surface area contributed by atoms with E-state index in [-0.39, 0.29) is 17.7 Å². The maximum absolute atomic E-state index is 13.0. The SMILES string of the molecule is [N-]=[N+]=NCC(O)C(O)c1cc(F)ccc1C=O. The van der Waals surface area contributed by atoms with Crippen molar-refractivity contribution in [3.05, 3.63) is 45.6 Å². The molecule has 0 bridgehead atoms. The molecule has 0 fully saturated rings. The number of azide groups is 1. The van der Waals surface area contributed by atoms with Gasteiger partial charge in [0, 0.05) is 10.5 Å². The highest BCUT2D eigenvalue weighted by atomic mass is 19.1. The summed E-state index contributed by atoms with van der Waals surface area (Å²) >= 11 is 0. The first-order chi connectivity index (χ1) is 8.10. The molecule has 0 aliphatic heterocycles. The van der Waals surface area contributed by atoms with Crippen molar-refractivity contribution < 1.29 is 19.4 Å². The van der Waals surface area contributed by atoms with Crippen LogP contribution in [0.5, 0.6) is 0 Å². The first kappa shape index (κ1) is 13.1. The lowest BCUT2D eigenvalue weighted by Gasteiger charge is -2.17. The third-order valence-electron chi connectivity index (χ3n) is 2.19. The highest BCUT2D eigenvalue weighted by molar-refractivity contribution is 5.77. The highest BCUT2D eigenvalue weighted by Gasteiger charge is 2.21. The van der Waals surface area contributed by atoms with Crippen LogP contribution < -0.4 is 0 Å². The van der Waals surface area contributed by atoms with Crippen molar-refractivity contribution in [3.8, 4) is 0 Å². The van der Waals surface area contributed by atoms with Crippen molar-refractivity contribution in [2.75, 3.05) is 6.54 Å². The fraction of sp³-hybridized carbons (Fsp3) is 0.300. The van der Waals surface area contributed by atoms with E-state index in [2.05, 4.69) is 10.0 Å². The summed E-state index contributed by atoms with van der Waals surface area (Å²) in [4.78, 5) is 13.1. The molecule has 0 aromatic heterocycles. The number of carbonyl (C=O) groups excluding carboxylic acids is 1. The molecule has 2 atom stereocenters. The van der Waals surface area contributed by atoms with Crippen LogP contribution in [-0.4, -0.2) is 29.1 Å². The lowest BCUT2D eigenvalue weighted by molar-refractivity contribution is 0.0239. The summed E-state index contributed by atoms with van der Waals surface area (Å²) in [6.45, 7) is -0.369. The molecule has 0 saturated carbocycles. The van der Waals surface area contributed by atoms with Crippen molar-refractivity contribution in [2.45, 2.75) is 12.2 Å². The molecular weight excluding hydrogens is 229 g/mol. The summed E-state index contributed by atoms with van der Waals surface area (Å²) in [5, 5.41) is 22.2. The summed E-state index contributed by atoms with van der Waals surface area (Å²) < 4.78 is 13.0. The van der Waals surface area contributed by atoms with Crippen LogP contribution in [0.25, 0.3) is 10.4 Å². The number of benzene rings is 1. The summed E-state index contributed by atoms with van der Waals surface area (Å²) in [6, 6.07) is 3.22. The van der Waals surface area contributed by atoms with Crippen molar-refractivity contribution in [1.29, 1.82) is 0 Å². The molecular formula is C10H10FN3O3. The van der Waals surface area contributed by atoms with Gasteiger partial charge in [0.25, 0.3) is 0 Å². The van der Waals surface area contributed by atoms with Crippen molar-refractivity contribution in [3.63, 3.8) is 0 Å². The minimum atomic E-state index is -1.49. The number of aliphatic hydroxyl groups excluding tert-OH is 2. The second-order valence-electron chi connectivity index (χ2n) is 3.32. The van der Waals surface area contributed by atoms with Gasteiger partial charge in [0.2, 0.25) is 0 Å². The zero-order chi connectivity index (χ0) is 12.8. The van der Waals surface area contributed by atoms with Crippen LogP contribution in [0.3, 0.4) is 0 Å². The predicted octanol–water partition coefficient (Wildman–Crippen LogP) is 1.34. The Morgan fingerprint density at radius 2 is 2.24 bits per heavy atom. The fourth-order valence-electron chi connectivity index (χ4n) is 1.34. The third kappa shape index (κ3) is 3.25. The van der Waals surface area contributed by atoms with Crippen LogP contribution in [0.4, 0.5) is 4.39 Å². The number of aliphatic hydroxyl groups is 2. The van der Waals surface area contributed by atoms with E-state index >= 15 is 0 Å². The van der Waals surface area contributed by atoms with Gasteiger partial charge in [-0.2, -0.15) is 0 Å². The minimum Gasteiger partial charge on any atom is -0.390 e. The number of rotatable bonds is 5. The van der Waals surface area contributed by atoms with Gasteiger partial charge >= 0.3 is 0 Å². The molecule has 2 N–H and O–H groups in total. The molecule has 17 heavy (non-hydrogen) atoms. The molecule has 6 nitrogen and oxygen atoms in total. The Morgan fingerprint density at radius 3 is 2.82 bits per heavy atom. The summed E-state index contributed by atoms with van der Waals surface area (Å²) in [7, 11) is 0. The topological polar surface area (TPSA) is 106 Å². The molecule has 0 saturated heterocycles. The van der Waals surface area contributed by atoms with E-state index in [4.69, 9.17) is 5.53 Å². The molecule has 0 heterocycles. The highest BCUT2D eigenvalue weighted by Crippen LogP contribution is 2.21. The lowest BCUT2D eigenvalue weighted by atomic mass is 9.99. The Kier molecular flexibility index (Phi) is 4.59. The second kappa shape index (κ2) is 5.95. The number of hydrogen-bond donors (Lipinski definition) is 2. The quantitative estimate of drug-likeness (QED) is 0.350. The van der Waals surface area contributed by atoms with E-state index in [1.54, 1.807) is 0 Å². The standard InChI is InChI=1S/C10H10FN3O3/c11-7-2-1-6(5-15)8(3-7)10(17)9(16)4-13-14-12/h1-3,5,9-10,16-17H,4H2. The molecule has 1 aromatic carbocycles. The number of hydrogen-bond acceptors (Lipinski definition) is 4. The molecule has 90 valence electrons. The zero-order valence-corrected chi connectivity index (χ0v) is 8.69. The van der Waals surface area contributed by atoms with E-state index in [1.807, 2.05) is 0 Å². The normalized spacial score (nSPS) is 13.6. The van der Waals surface area contributed by atoms with Gasteiger partial charge in [0.05, 0.1) is 12.6 Å². The van der Waals surface area contributed by atoms with Crippen molar-refractivity contribution >= 4 is 6.29 Å². The predicted molar refractivity (Wildman–Crippen MR) is 56.8 cm³/mol. The Bertz CT molecular complexity index is 460. The van der Waals surface area contributed by atoms with Gasteiger partial charge in [-0.05, 0) is 29.3 Å². The van der Waals surface area contributed by atoms with E-state index in [0.29, 0.717) is 6.29 Å². The average molecular weight is 239 g/mol. The van der Waals surface area contributed by atoms with E-state index in [9.17, 15) is 19.4 Å². The van der Waals surface area contributed by atoms with Crippen molar-refractivity contribution in [2.24, 2.45) is 5.11 Å². The molecule has 0 spiro atoms.